The largest absolute Gasteiger partial charge is 0.508 e. The third-order valence-corrected chi connectivity index (χ3v) is 5.61. The average molecular weight is 367 g/mol. The summed E-state index contributed by atoms with van der Waals surface area (Å²) in [5.74, 6) is -0.836. The number of nitrogens with zero attached hydrogens (tertiary/aromatic N) is 1. The minimum absolute atomic E-state index is 0.110. The Labute approximate surface area is 159 Å². The van der Waals surface area contributed by atoms with Gasteiger partial charge in [0.2, 0.25) is 5.91 Å². The van der Waals surface area contributed by atoms with Crippen LogP contribution in [-0.4, -0.2) is 39.6 Å². The van der Waals surface area contributed by atoms with Gasteiger partial charge in [0, 0.05) is 18.4 Å². The lowest BCUT2D eigenvalue weighted by molar-refractivity contribution is -0.148. The Morgan fingerprint density at radius 3 is 2.33 bits per heavy atom. The second-order valence-corrected chi connectivity index (χ2v) is 7.33. The van der Waals surface area contributed by atoms with Crippen LogP contribution in [0.4, 0.5) is 0 Å². The van der Waals surface area contributed by atoms with Crippen molar-refractivity contribution in [3.63, 3.8) is 0 Å². The lowest BCUT2D eigenvalue weighted by atomic mass is 9.73. The molecule has 142 valence electrons. The molecule has 27 heavy (non-hydrogen) atoms. The van der Waals surface area contributed by atoms with Gasteiger partial charge >= 0.3 is 5.97 Å². The van der Waals surface area contributed by atoms with Crippen molar-refractivity contribution in [3.8, 4) is 5.75 Å². The van der Waals surface area contributed by atoms with Gasteiger partial charge in [-0.25, -0.2) is 4.79 Å². The Hall–Kier alpha value is -2.82. The smallest absolute Gasteiger partial charge is 0.326 e. The van der Waals surface area contributed by atoms with Gasteiger partial charge in [-0.15, -0.1) is 0 Å². The SMILES string of the molecule is CC(CCC(=O)N1CCC[C@@H]1C(=O)O)(c1ccccc1)c1ccc(O)cc1. The molecule has 0 aromatic heterocycles. The number of benzene rings is 2. The number of carbonyl (C=O) groups is 2. The molecule has 1 amide bonds. The predicted octanol–water partition coefficient (Wildman–Crippen LogP) is 3.55. The molecule has 1 heterocycles. The van der Waals surface area contributed by atoms with Crippen LogP contribution in [0.15, 0.2) is 54.6 Å². The summed E-state index contributed by atoms with van der Waals surface area (Å²) >= 11 is 0. The van der Waals surface area contributed by atoms with Crippen LogP contribution in [0.3, 0.4) is 0 Å². The van der Waals surface area contributed by atoms with Gasteiger partial charge in [-0.1, -0.05) is 49.4 Å². The van der Waals surface area contributed by atoms with Gasteiger partial charge in [-0.2, -0.15) is 0 Å². The van der Waals surface area contributed by atoms with Crippen LogP contribution in [0.5, 0.6) is 5.75 Å². The Balaban J connectivity index is 1.83. The van der Waals surface area contributed by atoms with E-state index in [9.17, 15) is 19.8 Å². The number of likely N-dealkylation sites (tertiary alicyclic amines) is 1. The van der Waals surface area contributed by atoms with Gasteiger partial charge in [-0.3, -0.25) is 4.79 Å². The number of phenolic OH excluding ortho intramolecular Hbond substituents is 1. The van der Waals surface area contributed by atoms with E-state index >= 15 is 0 Å². The van der Waals surface area contributed by atoms with Gasteiger partial charge in [0.15, 0.2) is 0 Å². The number of aliphatic carboxylic acids is 1. The summed E-state index contributed by atoms with van der Waals surface area (Å²) in [7, 11) is 0. The van der Waals surface area contributed by atoms with Crippen LogP contribution in [0.1, 0.15) is 43.7 Å². The van der Waals surface area contributed by atoms with E-state index in [4.69, 9.17) is 0 Å². The number of hydrogen-bond acceptors (Lipinski definition) is 3. The number of rotatable bonds is 6. The molecule has 0 aliphatic carbocycles. The van der Waals surface area contributed by atoms with Crippen molar-refractivity contribution in [1.82, 2.24) is 4.90 Å². The van der Waals surface area contributed by atoms with Crippen LogP contribution in [0.2, 0.25) is 0 Å². The lowest BCUT2D eigenvalue weighted by Crippen LogP contribution is -2.41. The molecule has 1 aliphatic heterocycles. The molecule has 0 saturated carbocycles. The first kappa shape index (κ1) is 19.0. The van der Waals surface area contributed by atoms with E-state index in [0.717, 1.165) is 17.5 Å². The molecule has 0 bridgehead atoms. The highest BCUT2D eigenvalue weighted by Crippen LogP contribution is 2.37. The molecular formula is C22H25NO4. The summed E-state index contributed by atoms with van der Waals surface area (Å²) in [6.45, 7) is 2.59. The highest BCUT2D eigenvalue weighted by atomic mass is 16.4. The molecular weight excluding hydrogens is 342 g/mol. The normalized spacial score (nSPS) is 18.9. The molecule has 2 aromatic rings. The van der Waals surface area contributed by atoms with Crippen molar-refractivity contribution in [2.45, 2.75) is 44.1 Å². The number of carboxylic acids is 1. The first-order valence-electron chi connectivity index (χ1n) is 9.29. The molecule has 2 N–H and O–H groups in total. The second kappa shape index (κ2) is 7.82. The van der Waals surface area contributed by atoms with Crippen LogP contribution in [0, 0.1) is 0 Å². The molecule has 1 aliphatic rings. The van der Waals surface area contributed by atoms with Gasteiger partial charge in [0.25, 0.3) is 0 Å². The molecule has 1 unspecified atom stereocenters. The zero-order chi connectivity index (χ0) is 19.4. The average Bonchev–Trinajstić information content (AvgIpc) is 3.17. The Bertz CT molecular complexity index is 803. The van der Waals surface area contributed by atoms with Crippen LogP contribution in [-0.2, 0) is 15.0 Å². The summed E-state index contributed by atoms with van der Waals surface area (Å²) in [5.41, 5.74) is 1.68. The van der Waals surface area contributed by atoms with Gasteiger partial charge in [0.05, 0.1) is 0 Å². The summed E-state index contributed by atoms with van der Waals surface area (Å²) in [4.78, 5) is 25.6. The zero-order valence-corrected chi connectivity index (χ0v) is 15.5. The number of phenols is 1. The summed E-state index contributed by atoms with van der Waals surface area (Å²) in [5, 5.41) is 18.9. The van der Waals surface area contributed by atoms with E-state index < -0.39 is 17.4 Å². The maximum Gasteiger partial charge on any atom is 0.326 e. The highest BCUT2D eigenvalue weighted by Gasteiger charge is 2.36. The number of aromatic hydroxyl groups is 1. The minimum Gasteiger partial charge on any atom is -0.508 e. The van der Waals surface area contributed by atoms with E-state index in [-0.39, 0.29) is 18.1 Å². The van der Waals surface area contributed by atoms with E-state index in [1.54, 1.807) is 12.1 Å². The van der Waals surface area contributed by atoms with Crippen molar-refractivity contribution >= 4 is 11.9 Å². The van der Waals surface area contributed by atoms with E-state index in [1.165, 1.54) is 4.90 Å². The molecule has 1 saturated heterocycles. The number of carbonyl (C=O) groups excluding carboxylic acids is 1. The molecule has 3 rings (SSSR count). The van der Waals surface area contributed by atoms with Crippen molar-refractivity contribution in [2.24, 2.45) is 0 Å². The van der Waals surface area contributed by atoms with Crippen molar-refractivity contribution in [2.75, 3.05) is 6.54 Å². The zero-order valence-electron chi connectivity index (χ0n) is 15.5. The quantitative estimate of drug-likeness (QED) is 0.818. The first-order valence-corrected chi connectivity index (χ1v) is 9.29. The summed E-state index contributed by atoms with van der Waals surface area (Å²) in [6.07, 6.45) is 2.09. The summed E-state index contributed by atoms with van der Waals surface area (Å²) < 4.78 is 0. The fourth-order valence-electron chi connectivity index (χ4n) is 3.91. The Kier molecular flexibility index (Phi) is 5.49. The van der Waals surface area contributed by atoms with E-state index in [1.807, 2.05) is 42.5 Å². The maximum atomic E-state index is 12.7. The number of amides is 1. The Morgan fingerprint density at radius 1 is 1.07 bits per heavy atom. The highest BCUT2D eigenvalue weighted by molar-refractivity contribution is 5.84. The molecule has 5 nitrogen and oxygen atoms in total. The fourth-order valence-corrected chi connectivity index (χ4v) is 3.91. The monoisotopic (exact) mass is 367 g/mol. The molecule has 1 fully saturated rings. The number of hydrogen-bond donors (Lipinski definition) is 2. The topological polar surface area (TPSA) is 77.8 Å². The molecule has 2 aromatic carbocycles. The van der Waals surface area contributed by atoms with E-state index in [0.29, 0.717) is 19.4 Å². The molecule has 0 radical (unpaired) electrons. The lowest BCUT2D eigenvalue weighted by Gasteiger charge is -2.32. The number of carboxylic acid groups (broad SMARTS) is 1. The second-order valence-electron chi connectivity index (χ2n) is 7.33. The minimum atomic E-state index is -0.926. The maximum absolute atomic E-state index is 12.7. The van der Waals surface area contributed by atoms with Crippen molar-refractivity contribution in [3.05, 3.63) is 65.7 Å². The fraction of sp³-hybridized carbons (Fsp3) is 0.364. The molecule has 5 heteroatoms. The van der Waals surface area contributed by atoms with Gasteiger partial charge in [0.1, 0.15) is 11.8 Å². The van der Waals surface area contributed by atoms with Crippen LogP contribution < -0.4 is 0 Å². The third-order valence-electron chi connectivity index (χ3n) is 5.61. The van der Waals surface area contributed by atoms with Gasteiger partial charge < -0.3 is 15.1 Å². The van der Waals surface area contributed by atoms with E-state index in [2.05, 4.69) is 6.92 Å². The predicted molar refractivity (Wildman–Crippen MR) is 103 cm³/mol. The van der Waals surface area contributed by atoms with Crippen molar-refractivity contribution < 1.29 is 19.8 Å². The Morgan fingerprint density at radius 2 is 1.70 bits per heavy atom. The van der Waals surface area contributed by atoms with Crippen molar-refractivity contribution in [1.29, 1.82) is 0 Å². The molecule has 0 spiro atoms. The first-order chi connectivity index (χ1) is 12.9. The molecule has 2 atom stereocenters. The third kappa shape index (κ3) is 3.97. The van der Waals surface area contributed by atoms with Gasteiger partial charge in [-0.05, 0) is 42.5 Å². The van der Waals surface area contributed by atoms with Crippen LogP contribution in [0.25, 0.3) is 0 Å². The standard InChI is InChI=1S/C22H25NO4/c1-22(16-6-3-2-4-7-16,17-9-11-18(24)12-10-17)14-13-20(25)23-15-5-8-19(23)21(26)27/h2-4,6-7,9-12,19,24H,5,8,13-15H2,1H3,(H,26,27)/t19-,22?/m1/s1. The van der Waals surface area contributed by atoms with Crippen LogP contribution >= 0.6 is 0 Å². The summed E-state index contributed by atoms with van der Waals surface area (Å²) in [6, 6.07) is 16.3.